The Bertz CT molecular complexity index is 643. The van der Waals surface area contributed by atoms with E-state index in [1.807, 2.05) is 30.0 Å². The molecule has 0 saturated carbocycles. The number of aryl methyl sites for hydroxylation is 1. The van der Waals surface area contributed by atoms with Crippen LogP contribution in [0, 0.1) is 12.8 Å². The number of methoxy groups -OCH3 is 1. The Balaban J connectivity index is 1.78. The summed E-state index contributed by atoms with van der Waals surface area (Å²) in [5.74, 6) is 0.559. The summed E-state index contributed by atoms with van der Waals surface area (Å²) in [6.07, 6.45) is 3.59. The number of piperidine rings is 1. The minimum absolute atomic E-state index is 0.00177. The van der Waals surface area contributed by atoms with Crippen LogP contribution in [-0.2, 0) is 9.59 Å². The standard InChI is InChI=1S/C19H26N2O3/c1-13-7-8-17(24-3)16(10-13)21-12-15(11-18(21)22)19(23)20-9-5-4-6-14(20)2/h7-8,10,14-15H,4-6,9,11-12H2,1-3H3/t14-,15-/m1/s1. The van der Waals surface area contributed by atoms with Gasteiger partial charge in [0.05, 0.1) is 18.7 Å². The molecule has 130 valence electrons. The van der Waals surface area contributed by atoms with Crippen LogP contribution in [0.15, 0.2) is 18.2 Å². The molecule has 0 unspecified atom stereocenters. The number of ether oxygens (including phenoxy) is 1. The van der Waals surface area contributed by atoms with Crippen molar-refractivity contribution < 1.29 is 14.3 Å². The van der Waals surface area contributed by atoms with Gasteiger partial charge in [0.1, 0.15) is 5.75 Å². The van der Waals surface area contributed by atoms with E-state index in [2.05, 4.69) is 6.92 Å². The van der Waals surface area contributed by atoms with Crippen LogP contribution < -0.4 is 9.64 Å². The SMILES string of the molecule is COc1ccc(C)cc1N1C[C@H](C(=O)N2CCCC[C@H]2C)CC1=O. The summed E-state index contributed by atoms with van der Waals surface area (Å²) < 4.78 is 5.40. The topological polar surface area (TPSA) is 49.9 Å². The molecule has 3 rings (SSSR count). The van der Waals surface area contributed by atoms with Crippen molar-refractivity contribution in [3.8, 4) is 5.75 Å². The third-order valence-corrected chi connectivity index (χ3v) is 5.19. The van der Waals surface area contributed by atoms with E-state index in [1.54, 1.807) is 12.0 Å². The first-order valence-corrected chi connectivity index (χ1v) is 8.76. The lowest BCUT2D eigenvalue weighted by Gasteiger charge is -2.35. The van der Waals surface area contributed by atoms with Gasteiger partial charge in [-0.2, -0.15) is 0 Å². The van der Waals surface area contributed by atoms with Gasteiger partial charge in [-0.1, -0.05) is 6.07 Å². The highest BCUT2D eigenvalue weighted by atomic mass is 16.5. The van der Waals surface area contributed by atoms with E-state index in [0.717, 1.165) is 30.6 Å². The Labute approximate surface area is 143 Å². The fourth-order valence-electron chi connectivity index (χ4n) is 3.78. The Morgan fingerprint density at radius 3 is 2.79 bits per heavy atom. The minimum atomic E-state index is -0.247. The summed E-state index contributed by atoms with van der Waals surface area (Å²) in [4.78, 5) is 29.1. The zero-order valence-electron chi connectivity index (χ0n) is 14.7. The van der Waals surface area contributed by atoms with Crippen LogP contribution in [-0.4, -0.2) is 43.0 Å². The number of benzene rings is 1. The second kappa shape index (κ2) is 6.83. The predicted molar refractivity (Wildman–Crippen MR) is 93.2 cm³/mol. The monoisotopic (exact) mass is 330 g/mol. The van der Waals surface area contributed by atoms with Gasteiger partial charge in [0, 0.05) is 25.6 Å². The summed E-state index contributed by atoms with van der Waals surface area (Å²) >= 11 is 0. The van der Waals surface area contributed by atoms with Gasteiger partial charge in [0.25, 0.3) is 0 Å². The molecular formula is C19H26N2O3. The van der Waals surface area contributed by atoms with Crippen molar-refractivity contribution in [1.29, 1.82) is 0 Å². The van der Waals surface area contributed by atoms with E-state index in [9.17, 15) is 9.59 Å². The maximum absolute atomic E-state index is 12.9. The fraction of sp³-hybridized carbons (Fsp3) is 0.579. The highest BCUT2D eigenvalue weighted by Gasteiger charge is 2.39. The molecule has 24 heavy (non-hydrogen) atoms. The summed E-state index contributed by atoms with van der Waals surface area (Å²) in [5, 5.41) is 0. The Morgan fingerprint density at radius 1 is 1.29 bits per heavy atom. The van der Waals surface area contributed by atoms with Gasteiger partial charge in [-0.25, -0.2) is 0 Å². The smallest absolute Gasteiger partial charge is 0.228 e. The summed E-state index contributed by atoms with van der Waals surface area (Å²) in [6.45, 7) is 5.36. The number of hydrogen-bond acceptors (Lipinski definition) is 3. The Hall–Kier alpha value is -2.04. The predicted octanol–water partition coefficient (Wildman–Crippen LogP) is 2.76. The lowest BCUT2D eigenvalue weighted by atomic mass is 9.99. The molecule has 1 aromatic carbocycles. The number of nitrogens with zero attached hydrogens (tertiary/aromatic N) is 2. The lowest BCUT2D eigenvalue weighted by molar-refractivity contribution is -0.139. The highest BCUT2D eigenvalue weighted by molar-refractivity contribution is 6.01. The molecule has 2 aliphatic rings. The number of hydrogen-bond donors (Lipinski definition) is 0. The zero-order valence-corrected chi connectivity index (χ0v) is 14.7. The van der Waals surface area contributed by atoms with Gasteiger partial charge >= 0.3 is 0 Å². The Morgan fingerprint density at radius 2 is 2.08 bits per heavy atom. The lowest BCUT2D eigenvalue weighted by Crippen LogP contribution is -2.45. The molecule has 2 atom stereocenters. The fourth-order valence-corrected chi connectivity index (χ4v) is 3.78. The first-order valence-electron chi connectivity index (χ1n) is 8.76. The number of carbonyl (C=O) groups excluding carboxylic acids is 2. The van der Waals surface area contributed by atoms with Crippen molar-refractivity contribution in [2.45, 2.75) is 45.6 Å². The van der Waals surface area contributed by atoms with Crippen molar-refractivity contribution in [2.75, 3.05) is 25.1 Å². The molecule has 2 fully saturated rings. The average molecular weight is 330 g/mol. The molecule has 5 nitrogen and oxygen atoms in total. The number of anilines is 1. The van der Waals surface area contributed by atoms with Crippen LogP contribution in [0.4, 0.5) is 5.69 Å². The van der Waals surface area contributed by atoms with Crippen molar-refractivity contribution in [2.24, 2.45) is 5.92 Å². The molecule has 2 heterocycles. The van der Waals surface area contributed by atoms with Gasteiger partial charge < -0.3 is 14.5 Å². The van der Waals surface area contributed by atoms with E-state index in [-0.39, 0.29) is 23.8 Å². The highest BCUT2D eigenvalue weighted by Crippen LogP contribution is 2.35. The van der Waals surface area contributed by atoms with Crippen LogP contribution in [0.2, 0.25) is 0 Å². The van der Waals surface area contributed by atoms with Crippen molar-refractivity contribution >= 4 is 17.5 Å². The molecule has 0 aromatic heterocycles. The first-order chi connectivity index (χ1) is 11.5. The van der Waals surface area contributed by atoms with Crippen molar-refractivity contribution in [3.05, 3.63) is 23.8 Å². The maximum Gasteiger partial charge on any atom is 0.228 e. The first kappa shape index (κ1) is 16.8. The number of amides is 2. The molecule has 0 spiro atoms. The summed E-state index contributed by atoms with van der Waals surface area (Å²) in [7, 11) is 1.60. The number of rotatable bonds is 3. The molecule has 0 N–H and O–H groups in total. The molecule has 0 radical (unpaired) electrons. The molecule has 2 saturated heterocycles. The third kappa shape index (κ3) is 3.12. The van der Waals surface area contributed by atoms with Crippen LogP contribution in [0.1, 0.15) is 38.2 Å². The van der Waals surface area contributed by atoms with E-state index in [1.165, 1.54) is 6.42 Å². The normalized spacial score (nSPS) is 24.4. The summed E-state index contributed by atoms with van der Waals surface area (Å²) in [6, 6.07) is 6.07. The molecule has 0 bridgehead atoms. The number of likely N-dealkylation sites (tertiary alicyclic amines) is 1. The summed E-state index contributed by atoms with van der Waals surface area (Å²) in [5.41, 5.74) is 1.84. The van der Waals surface area contributed by atoms with Crippen LogP contribution in [0.3, 0.4) is 0 Å². The zero-order chi connectivity index (χ0) is 17.3. The van der Waals surface area contributed by atoms with E-state index in [0.29, 0.717) is 18.7 Å². The maximum atomic E-state index is 12.9. The molecule has 5 heteroatoms. The quantitative estimate of drug-likeness (QED) is 0.856. The number of carbonyl (C=O) groups is 2. The van der Waals surface area contributed by atoms with E-state index in [4.69, 9.17) is 4.74 Å². The minimum Gasteiger partial charge on any atom is -0.495 e. The van der Waals surface area contributed by atoms with E-state index >= 15 is 0 Å². The second-order valence-electron chi connectivity index (χ2n) is 6.96. The van der Waals surface area contributed by atoms with E-state index < -0.39 is 0 Å². The van der Waals surface area contributed by atoms with Gasteiger partial charge in [-0.15, -0.1) is 0 Å². The third-order valence-electron chi connectivity index (χ3n) is 5.19. The largest absolute Gasteiger partial charge is 0.495 e. The molecule has 2 amide bonds. The second-order valence-corrected chi connectivity index (χ2v) is 6.96. The van der Waals surface area contributed by atoms with Gasteiger partial charge in [-0.3, -0.25) is 9.59 Å². The van der Waals surface area contributed by atoms with Crippen LogP contribution in [0.5, 0.6) is 5.75 Å². The van der Waals surface area contributed by atoms with Gasteiger partial charge in [0.15, 0.2) is 0 Å². The molecule has 0 aliphatic carbocycles. The molecule has 2 aliphatic heterocycles. The average Bonchev–Trinajstić information content (AvgIpc) is 2.96. The van der Waals surface area contributed by atoms with Crippen LogP contribution in [0.25, 0.3) is 0 Å². The molecular weight excluding hydrogens is 304 g/mol. The van der Waals surface area contributed by atoms with Crippen LogP contribution >= 0.6 is 0 Å². The molecule has 1 aromatic rings. The van der Waals surface area contributed by atoms with Crippen molar-refractivity contribution in [3.63, 3.8) is 0 Å². The Kier molecular flexibility index (Phi) is 4.78. The van der Waals surface area contributed by atoms with Gasteiger partial charge in [0.2, 0.25) is 11.8 Å². The van der Waals surface area contributed by atoms with Gasteiger partial charge in [-0.05, 0) is 50.8 Å². The van der Waals surface area contributed by atoms with Crippen molar-refractivity contribution in [1.82, 2.24) is 4.90 Å².